The van der Waals surface area contributed by atoms with E-state index in [0.717, 1.165) is 18.3 Å². The van der Waals surface area contributed by atoms with Crippen molar-refractivity contribution < 1.29 is 32.2 Å². The van der Waals surface area contributed by atoms with Crippen LogP contribution in [0.2, 0.25) is 0 Å². The van der Waals surface area contributed by atoms with Gasteiger partial charge in [-0.1, -0.05) is 0 Å². The number of aromatic nitrogens is 1. The number of nitrogens with one attached hydrogen (secondary N) is 2. The molecule has 1 aromatic heterocycles. The molecule has 152 valence electrons. The van der Waals surface area contributed by atoms with Crippen LogP contribution in [0, 0.1) is 12.7 Å². The summed E-state index contributed by atoms with van der Waals surface area (Å²) < 4.78 is 58.0. The highest BCUT2D eigenvalue weighted by Gasteiger charge is 2.33. The SMILES string of the molecule is Cc1cc(F)ccc1Oc1ncc(C(F)(F)F)cc1C(=O)NC1=CC(O)NN=C1. The van der Waals surface area contributed by atoms with E-state index in [-0.39, 0.29) is 11.4 Å². The Balaban J connectivity index is 1.97. The average Bonchev–Trinajstić information content (AvgIpc) is 2.63. The summed E-state index contributed by atoms with van der Waals surface area (Å²) in [4.78, 5) is 16.2. The highest BCUT2D eigenvalue weighted by atomic mass is 19.4. The first-order valence-corrected chi connectivity index (χ1v) is 8.14. The molecule has 7 nitrogen and oxygen atoms in total. The monoisotopic (exact) mass is 410 g/mol. The molecule has 0 aliphatic carbocycles. The van der Waals surface area contributed by atoms with Crippen LogP contribution in [-0.4, -0.2) is 28.4 Å². The van der Waals surface area contributed by atoms with Crippen LogP contribution in [-0.2, 0) is 6.18 Å². The van der Waals surface area contributed by atoms with Gasteiger partial charge in [0, 0.05) is 6.20 Å². The summed E-state index contributed by atoms with van der Waals surface area (Å²) in [6.07, 6.45) is -3.03. The van der Waals surface area contributed by atoms with Crippen LogP contribution in [0.25, 0.3) is 0 Å². The molecule has 11 heteroatoms. The van der Waals surface area contributed by atoms with E-state index in [1.54, 1.807) is 0 Å². The lowest BCUT2D eigenvalue weighted by molar-refractivity contribution is -0.137. The van der Waals surface area contributed by atoms with E-state index < -0.39 is 41.1 Å². The van der Waals surface area contributed by atoms with Crippen molar-refractivity contribution in [1.82, 2.24) is 15.7 Å². The molecular formula is C18H14F4N4O3. The highest BCUT2D eigenvalue weighted by molar-refractivity contribution is 6.00. The van der Waals surface area contributed by atoms with Gasteiger partial charge in [-0.3, -0.25) is 10.2 Å². The molecule has 29 heavy (non-hydrogen) atoms. The zero-order valence-electron chi connectivity index (χ0n) is 14.8. The number of aliphatic hydroxyl groups is 1. The number of benzene rings is 1. The van der Waals surface area contributed by atoms with E-state index in [4.69, 9.17) is 4.74 Å². The van der Waals surface area contributed by atoms with Crippen LogP contribution in [0.5, 0.6) is 11.6 Å². The van der Waals surface area contributed by atoms with Gasteiger partial charge in [0.2, 0.25) is 5.88 Å². The van der Waals surface area contributed by atoms with Crippen LogP contribution >= 0.6 is 0 Å². The van der Waals surface area contributed by atoms with Gasteiger partial charge in [0.15, 0.2) is 6.23 Å². The van der Waals surface area contributed by atoms with Gasteiger partial charge in [-0.15, -0.1) is 0 Å². The molecule has 0 spiro atoms. The Labute approximate surface area is 161 Å². The molecule has 0 saturated heterocycles. The fraction of sp³-hybridized carbons (Fsp3) is 0.167. The second-order valence-corrected chi connectivity index (χ2v) is 5.99. The van der Waals surface area contributed by atoms with E-state index in [2.05, 4.69) is 20.8 Å². The summed E-state index contributed by atoms with van der Waals surface area (Å²) in [6.45, 7) is 1.53. The van der Waals surface area contributed by atoms with Crippen molar-refractivity contribution in [1.29, 1.82) is 0 Å². The Morgan fingerprint density at radius 2 is 2.07 bits per heavy atom. The topological polar surface area (TPSA) is 95.8 Å². The minimum absolute atomic E-state index is 0.0579. The molecule has 1 amide bonds. The van der Waals surface area contributed by atoms with Gasteiger partial charge in [-0.05, 0) is 42.8 Å². The van der Waals surface area contributed by atoms with Gasteiger partial charge in [0.1, 0.15) is 17.1 Å². The molecule has 0 bridgehead atoms. The van der Waals surface area contributed by atoms with E-state index in [0.29, 0.717) is 17.8 Å². The summed E-state index contributed by atoms with van der Waals surface area (Å²) in [7, 11) is 0. The number of aryl methyl sites for hydroxylation is 1. The number of carbonyl (C=O) groups excluding carboxylic acids is 1. The highest BCUT2D eigenvalue weighted by Crippen LogP contribution is 2.33. The molecule has 1 aliphatic heterocycles. The molecule has 0 saturated carbocycles. The maximum atomic E-state index is 13.3. The summed E-state index contributed by atoms with van der Waals surface area (Å²) in [5.74, 6) is -1.78. The van der Waals surface area contributed by atoms with Crippen LogP contribution in [0.15, 0.2) is 47.3 Å². The second-order valence-electron chi connectivity index (χ2n) is 5.99. The number of nitrogens with zero attached hydrogens (tertiary/aromatic N) is 2. The minimum atomic E-state index is -4.74. The van der Waals surface area contributed by atoms with E-state index in [1.165, 1.54) is 19.1 Å². The van der Waals surface area contributed by atoms with Gasteiger partial charge in [-0.2, -0.15) is 18.3 Å². The van der Waals surface area contributed by atoms with E-state index >= 15 is 0 Å². The summed E-state index contributed by atoms with van der Waals surface area (Å²) in [5.41, 5.74) is 1.04. The van der Waals surface area contributed by atoms with Gasteiger partial charge in [-0.25, -0.2) is 9.37 Å². The molecule has 1 atom stereocenters. The Kier molecular flexibility index (Phi) is 5.50. The third-order valence-corrected chi connectivity index (χ3v) is 3.77. The number of hydrogen-bond donors (Lipinski definition) is 3. The summed E-state index contributed by atoms with van der Waals surface area (Å²) in [5, 5.41) is 15.3. The molecule has 1 unspecified atom stereocenters. The number of hydrogen-bond acceptors (Lipinski definition) is 6. The molecule has 0 radical (unpaired) electrons. The van der Waals surface area contributed by atoms with Crippen molar-refractivity contribution in [3.8, 4) is 11.6 Å². The van der Waals surface area contributed by atoms with E-state index in [1.807, 2.05) is 0 Å². The fourth-order valence-corrected chi connectivity index (χ4v) is 2.39. The number of carbonyl (C=O) groups is 1. The molecule has 1 aromatic carbocycles. The normalized spacial score (nSPS) is 16.1. The molecule has 1 aliphatic rings. The second kappa shape index (κ2) is 7.87. The van der Waals surface area contributed by atoms with Crippen LogP contribution in [0.4, 0.5) is 17.6 Å². The van der Waals surface area contributed by atoms with Crippen molar-refractivity contribution in [2.75, 3.05) is 0 Å². The number of ether oxygens (including phenoxy) is 1. The molecule has 3 N–H and O–H groups in total. The Morgan fingerprint density at radius 1 is 1.31 bits per heavy atom. The lowest BCUT2D eigenvalue weighted by Gasteiger charge is -2.16. The third kappa shape index (κ3) is 4.88. The number of alkyl halides is 3. The molecule has 3 rings (SSSR count). The van der Waals surface area contributed by atoms with Gasteiger partial charge in [0.05, 0.1) is 17.5 Å². The summed E-state index contributed by atoms with van der Waals surface area (Å²) in [6, 6.07) is 4.12. The molecule has 2 heterocycles. The zero-order valence-corrected chi connectivity index (χ0v) is 14.8. The van der Waals surface area contributed by atoms with E-state index in [9.17, 15) is 27.5 Å². The van der Waals surface area contributed by atoms with Crippen LogP contribution < -0.4 is 15.5 Å². The van der Waals surface area contributed by atoms with Gasteiger partial charge < -0.3 is 15.2 Å². The number of allylic oxidation sites excluding steroid dienone is 1. The maximum Gasteiger partial charge on any atom is 0.417 e. The molecule has 2 aromatic rings. The number of hydrazone groups is 1. The number of amides is 1. The zero-order chi connectivity index (χ0) is 21.2. The smallest absolute Gasteiger partial charge is 0.417 e. The molecule has 0 fully saturated rings. The fourth-order valence-electron chi connectivity index (χ4n) is 2.39. The van der Waals surface area contributed by atoms with Crippen LogP contribution in [0.3, 0.4) is 0 Å². The van der Waals surface area contributed by atoms with Gasteiger partial charge in [0.25, 0.3) is 5.91 Å². The van der Waals surface area contributed by atoms with Crippen molar-refractivity contribution in [2.45, 2.75) is 19.3 Å². The third-order valence-electron chi connectivity index (χ3n) is 3.77. The Bertz CT molecular complexity index is 1010. The quantitative estimate of drug-likeness (QED) is 0.674. The Morgan fingerprint density at radius 3 is 2.72 bits per heavy atom. The summed E-state index contributed by atoms with van der Waals surface area (Å²) >= 11 is 0. The number of rotatable bonds is 4. The number of halogens is 4. The predicted molar refractivity (Wildman–Crippen MR) is 93.6 cm³/mol. The maximum absolute atomic E-state index is 13.3. The first kappa shape index (κ1) is 20.3. The first-order chi connectivity index (χ1) is 13.6. The average molecular weight is 410 g/mol. The lowest BCUT2D eigenvalue weighted by Crippen LogP contribution is -2.32. The first-order valence-electron chi connectivity index (χ1n) is 8.14. The van der Waals surface area contributed by atoms with Crippen molar-refractivity contribution in [3.05, 3.63) is 64.7 Å². The van der Waals surface area contributed by atoms with Gasteiger partial charge >= 0.3 is 6.18 Å². The number of pyridine rings is 1. The lowest BCUT2D eigenvalue weighted by atomic mass is 10.1. The van der Waals surface area contributed by atoms with Crippen molar-refractivity contribution in [2.24, 2.45) is 5.10 Å². The number of aliphatic hydroxyl groups excluding tert-OH is 1. The van der Waals surface area contributed by atoms with Crippen LogP contribution in [0.1, 0.15) is 21.5 Å². The largest absolute Gasteiger partial charge is 0.438 e. The minimum Gasteiger partial charge on any atom is -0.438 e. The predicted octanol–water partition coefficient (Wildman–Crippen LogP) is 2.86. The standard InChI is InChI=1S/C18H14F4N4O3/c1-9-4-11(19)2-3-14(9)29-17-13(5-10(7-23-17)18(20,21)22)16(28)25-12-6-15(27)26-24-8-12/h2-8,15,26-27H,1H3,(H,25,28). The molecular weight excluding hydrogens is 396 g/mol. The van der Waals surface area contributed by atoms with Crippen molar-refractivity contribution in [3.63, 3.8) is 0 Å². The Hall–Kier alpha value is -3.47. The van der Waals surface area contributed by atoms with Crippen molar-refractivity contribution >= 4 is 12.1 Å².